The number of thiazole rings is 1. The van der Waals surface area contributed by atoms with E-state index in [9.17, 15) is 14.4 Å². The standard InChI is InChI=1S/C28H27ClN2O5S2/c1-2-35-27(33)14-5-8-18(9-6-14)30-21(32)13-36-20-10-7-17(29)12-19(20)23-22-15-3-4-16(11-15)24(22)37-26-25(23)38-28(34)31-26/h5-10,12,15-16,22-24H,2-4,11,13H2,1H3,(H,30,32)(H,31,34)/t15?,16?,22?,23-,24?/m1/s1. The number of aromatic nitrogens is 1. The highest BCUT2D eigenvalue weighted by Crippen LogP contribution is 2.64. The lowest BCUT2D eigenvalue weighted by atomic mass is 9.74. The summed E-state index contributed by atoms with van der Waals surface area (Å²) < 4.78 is 11.1. The van der Waals surface area contributed by atoms with Crippen LogP contribution in [-0.2, 0) is 9.53 Å². The molecule has 0 spiro atoms. The van der Waals surface area contributed by atoms with Crippen molar-refractivity contribution in [3.8, 4) is 5.75 Å². The summed E-state index contributed by atoms with van der Waals surface area (Å²) >= 11 is 9.58. The van der Waals surface area contributed by atoms with Crippen LogP contribution in [0.2, 0.25) is 5.02 Å². The molecule has 10 heteroatoms. The fourth-order valence-corrected chi connectivity index (χ4v) is 9.40. The SMILES string of the molecule is CCOC(=O)c1ccc(NC(=O)COc2ccc(Cl)cc2[C@H]2c3sc(=O)[nH]c3SC3C4CCC(C4)C32)cc1. The minimum Gasteiger partial charge on any atom is -0.483 e. The summed E-state index contributed by atoms with van der Waals surface area (Å²) in [5, 5.41) is 4.84. The number of halogens is 1. The molecule has 6 rings (SSSR count). The Kier molecular flexibility index (Phi) is 7.01. The van der Waals surface area contributed by atoms with Gasteiger partial charge in [0, 0.05) is 32.3 Å². The second-order valence-corrected chi connectivity index (χ2v) is 12.6. The number of thioether (sulfide) groups is 1. The van der Waals surface area contributed by atoms with Crippen LogP contribution >= 0.6 is 34.7 Å². The average molecular weight is 571 g/mol. The minimum atomic E-state index is -0.404. The predicted molar refractivity (Wildman–Crippen MR) is 149 cm³/mol. The number of rotatable bonds is 7. The fourth-order valence-electron chi connectivity index (χ4n) is 6.34. The van der Waals surface area contributed by atoms with Gasteiger partial charge in [0.1, 0.15) is 5.75 Å². The summed E-state index contributed by atoms with van der Waals surface area (Å²) in [7, 11) is 0. The highest BCUT2D eigenvalue weighted by Gasteiger charge is 2.55. The molecule has 3 aliphatic rings. The molecule has 3 aromatic rings. The average Bonchev–Trinajstić information content (AvgIpc) is 3.61. The molecule has 0 saturated heterocycles. The normalized spacial score (nSPS) is 24.9. The highest BCUT2D eigenvalue weighted by molar-refractivity contribution is 8.00. The number of carbonyl (C=O) groups is 2. The third-order valence-electron chi connectivity index (χ3n) is 7.81. The number of esters is 1. The van der Waals surface area contributed by atoms with Crippen molar-refractivity contribution in [2.24, 2.45) is 17.8 Å². The van der Waals surface area contributed by atoms with Gasteiger partial charge in [0.25, 0.3) is 5.91 Å². The number of carbonyl (C=O) groups excluding carboxylic acids is 2. The van der Waals surface area contributed by atoms with Crippen molar-refractivity contribution in [1.29, 1.82) is 0 Å². The summed E-state index contributed by atoms with van der Waals surface area (Å²) in [5.41, 5.74) is 1.91. The molecule has 2 N–H and O–H groups in total. The van der Waals surface area contributed by atoms with E-state index >= 15 is 0 Å². The van der Waals surface area contributed by atoms with Gasteiger partial charge in [-0.1, -0.05) is 22.9 Å². The van der Waals surface area contributed by atoms with Gasteiger partial charge in [-0.3, -0.25) is 9.59 Å². The Morgan fingerprint density at radius 3 is 2.71 bits per heavy atom. The number of fused-ring (bicyclic) bond motifs is 6. The number of anilines is 1. The summed E-state index contributed by atoms with van der Waals surface area (Å²) in [6.45, 7) is 1.86. The molecule has 38 heavy (non-hydrogen) atoms. The van der Waals surface area contributed by atoms with Crippen LogP contribution in [0.5, 0.6) is 5.75 Å². The van der Waals surface area contributed by atoms with E-state index in [-0.39, 0.29) is 23.3 Å². The van der Waals surface area contributed by atoms with Crippen LogP contribution in [0.15, 0.2) is 52.3 Å². The summed E-state index contributed by atoms with van der Waals surface area (Å²) in [5.74, 6) is 1.57. The molecule has 1 amide bonds. The zero-order chi connectivity index (χ0) is 26.4. The van der Waals surface area contributed by atoms with E-state index in [0.717, 1.165) is 15.5 Å². The quantitative estimate of drug-likeness (QED) is 0.341. The first kappa shape index (κ1) is 25.5. The maximum atomic E-state index is 12.7. The Morgan fingerprint density at radius 1 is 1.13 bits per heavy atom. The lowest BCUT2D eigenvalue weighted by Crippen LogP contribution is -2.34. The summed E-state index contributed by atoms with van der Waals surface area (Å²) in [4.78, 5) is 41.0. The van der Waals surface area contributed by atoms with Crippen molar-refractivity contribution in [2.75, 3.05) is 18.5 Å². The molecule has 198 valence electrons. The zero-order valence-corrected chi connectivity index (χ0v) is 23.1. The maximum absolute atomic E-state index is 12.7. The van der Waals surface area contributed by atoms with Crippen LogP contribution in [-0.4, -0.2) is 35.3 Å². The number of nitrogens with one attached hydrogen (secondary N) is 2. The first-order valence-corrected chi connectivity index (χ1v) is 14.9. The molecular weight excluding hydrogens is 544 g/mol. The van der Waals surface area contributed by atoms with E-state index in [0.29, 0.717) is 51.6 Å². The highest BCUT2D eigenvalue weighted by atomic mass is 35.5. The van der Waals surface area contributed by atoms with Crippen molar-refractivity contribution < 1.29 is 19.1 Å². The van der Waals surface area contributed by atoms with Gasteiger partial charge in [-0.05, 0) is 86.4 Å². The lowest BCUT2D eigenvalue weighted by Gasteiger charge is -2.40. The number of hydrogen-bond donors (Lipinski definition) is 2. The number of benzene rings is 2. The van der Waals surface area contributed by atoms with Crippen molar-refractivity contribution >= 4 is 52.3 Å². The van der Waals surface area contributed by atoms with Crippen molar-refractivity contribution in [3.63, 3.8) is 0 Å². The predicted octanol–water partition coefficient (Wildman–Crippen LogP) is 5.94. The molecule has 2 heterocycles. The molecule has 2 bridgehead atoms. The van der Waals surface area contributed by atoms with Crippen molar-refractivity contribution in [1.82, 2.24) is 4.98 Å². The lowest BCUT2D eigenvalue weighted by molar-refractivity contribution is -0.118. The second-order valence-electron chi connectivity index (χ2n) is 10.00. The molecule has 7 nitrogen and oxygen atoms in total. The fraction of sp³-hybridized carbons (Fsp3) is 0.393. The van der Waals surface area contributed by atoms with Gasteiger partial charge < -0.3 is 19.8 Å². The molecule has 2 aliphatic carbocycles. The van der Waals surface area contributed by atoms with Crippen LogP contribution in [0.1, 0.15) is 52.9 Å². The largest absolute Gasteiger partial charge is 0.483 e. The van der Waals surface area contributed by atoms with Gasteiger partial charge in [0.15, 0.2) is 6.61 Å². The smallest absolute Gasteiger partial charge is 0.338 e. The van der Waals surface area contributed by atoms with Crippen LogP contribution in [0.3, 0.4) is 0 Å². The van der Waals surface area contributed by atoms with Crippen LogP contribution < -0.4 is 14.9 Å². The number of aromatic amines is 1. The Hall–Kier alpha value is -2.75. The maximum Gasteiger partial charge on any atom is 0.338 e. The molecule has 2 aromatic carbocycles. The Labute approximate surface area is 233 Å². The Morgan fingerprint density at radius 2 is 1.92 bits per heavy atom. The molecule has 0 radical (unpaired) electrons. The van der Waals surface area contributed by atoms with E-state index < -0.39 is 5.97 Å². The summed E-state index contributed by atoms with van der Waals surface area (Å²) in [6.07, 6.45) is 3.69. The van der Waals surface area contributed by atoms with Crippen LogP contribution in [0.4, 0.5) is 5.69 Å². The summed E-state index contributed by atoms with van der Waals surface area (Å²) in [6, 6.07) is 12.0. The molecular formula is C28H27ClN2O5S2. The van der Waals surface area contributed by atoms with E-state index in [1.807, 2.05) is 23.9 Å². The van der Waals surface area contributed by atoms with E-state index in [4.69, 9.17) is 21.1 Å². The number of ether oxygens (including phenoxy) is 2. The van der Waals surface area contributed by atoms with Gasteiger partial charge in [0.2, 0.25) is 0 Å². The van der Waals surface area contributed by atoms with Crippen molar-refractivity contribution in [2.45, 2.75) is 42.4 Å². The van der Waals surface area contributed by atoms with E-state index in [1.54, 1.807) is 37.3 Å². The van der Waals surface area contributed by atoms with Gasteiger partial charge in [-0.25, -0.2) is 4.79 Å². The van der Waals surface area contributed by atoms with Gasteiger partial charge in [-0.15, -0.1) is 11.8 Å². The number of H-pyrrole nitrogens is 1. The monoisotopic (exact) mass is 570 g/mol. The molecule has 4 unspecified atom stereocenters. The topological polar surface area (TPSA) is 97.5 Å². The van der Waals surface area contributed by atoms with Crippen LogP contribution in [0.25, 0.3) is 0 Å². The number of amides is 1. The van der Waals surface area contributed by atoms with Gasteiger partial charge >= 0.3 is 10.8 Å². The third kappa shape index (κ3) is 4.76. The second kappa shape index (κ2) is 10.4. The van der Waals surface area contributed by atoms with Crippen molar-refractivity contribution in [3.05, 3.63) is 73.2 Å². The van der Waals surface area contributed by atoms with Gasteiger partial charge in [0.05, 0.1) is 17.2 Å². The van der Waals surface area contributed by atoms with Gasteiger partial charge in [-0.2, -0.15) is 0 Å². The molecule has 1 aliphatic heterocycles. The third-order valence-corrected chi connectivity index (χ3v) is 10.7. The first-order valence-electron chi connectivity index (χ1n) is 12.8. The minimum absolute atomic E-state index is 0.00248. The zero-order valence-electron chi connectivity index (χ0n) is 20.7. The van der Waals surface area contributed by atoms with E-state index in [1.165, 1.54) is 30.6 Å². The number of hydrogen-bond acceptors (Lipinski definition) is 7. The Balaban J connectivity index is 1.22. The Bertz CT molecular complexity index is 1440. The first-order chi connectivity index (χ1) is 18.4. The van der Waals surface area contributed by atoms with E-state index in [2.05, 4.69) is 10.3 Å². The molecule has 2 fully saturated rings. The molecule has 5 atom stereocenters. The van der Waals surface area contributed by atoms with Crippen LogP contribution in [0, 0.1) is 17.8 Å². The molecule has 1 aromatic heterocycles. The molecule has 2 saturated carbocycles.